The molecule has 0 aromatic carbocycles. The smallest absolute Gasteiger partial charge is 0.0700 e. The summed E-state index contributed by atoms with van der Waals surface area (Å²) < 4.78 is 6.17. The van der Waals surface area contributed by atoms with E-state index in [2.05, 4.69) is 30.9 Å². The Labute approximate surface area is 123 Å². The molecule has 2 heterocycles. The highest BCUT2D eigenvalue weighted by molar-refractivity contribution is 7.99. The van der Waals surface area contributed by atoms with Crippen LogP contribution in [0.25, 0.3) is 0 Å². The van der Waals surface area contributed by atoms with Crippen molar-refractivity contribution in [2.24, 2.45) is 11.8 Å². The quantitative estimate of drug-likeness (QED) is 0.752. The van der Waals surface area contributed by atoms with Gasteiger partial charge >= 0.3 is 0 Å². The van der Waals surface area contributed by atoms with Crippen LogP contribution in [0.15, 0.2) is 0 Å². The fourth-order valence-electron chi connectivity index (χ4n) is 3.37. The van der Waals surface area contributed by atoms with Gasteiger partial charge in [0.2, 0.25) is 0 Å². The molecule has 0 aliphatic carbocycles. The minimum atomic E-state index is 0.277. The van der Waals surface area contributed by atoms with Gasteiger partial charge in [0, 0.05) is 6.61 Å². The molecule has 2 saturated heterocycles. The van der Waals surface area contributed by atoms with Gasteiger partial charge in [-0.2, -0.15) is 11.8 Å². The monoisotopic (exact) mass is 285 g/mol. The third-order valence-corrected chi connectivity index (χ3v) is 5.50. The van der Waals surface area contributed by atoms with Gasteiger partial charge in [-0.25, -0.2) is 0 Å². The molecule has 0 radical (unpaired) electrons. The zero-order valence-corrected chi connectivity index (χ0v) is 13.6. The van der Waals surface area contributed by atoms with Crippen LogP contribution in [0.2, 0.25) is 0 Å². The van der Waals surface area contributed by atoms with Crippen molar-refractivity contribution in [3.8, 4) is 0 Å². The van der Waals surface area contributed by atoms with Gasteiger partial charge in [-0.05, 0) is 75.0 Å². The lowest BCUT2D eigenvalue weighted by Crippen LogP contribution is -2.42. The SMILES string of the molecule is CC(C)CNCCCC1CCOC2(CCSCC2)C1. The van der Waals surface area contributed by atoms with Crippen molar-refractivity contribution in [2.45, 2.75) is 58.0 Å². The Kier molecular flexibility index (Phi) is 6.51. The molecular weight excluding hydrogens is 254 g/mol. The second-order valence-electron chi connectivity index (χ2n) is 6.74. The summed E-state index contributed by atoms with van der Waals surface area (Å²) in [4.78, 5) is 0. The first-order chi connectivity index (χ1) is 9.20. The van der Waals surface area contributed by atoms with Crippen LogP contribution in [0.4, 0.5) is 0 Å². The van der Waals surface area contributed by atoms with Gasteiger partial charge in [0.05, 0.1) is 5.60 Å². The minimum absolute atomic E-state index is 0.277. The van der Waals surface area contributed by atoms with Crippen LogP contribution >= 0.6 is 11.8 Å². The molecular formula is C16H31NOS. The number of nitrogens with one attached hydrogen (secondary N) is 1. The summed E-state index contributed by atoms with van der Waals surface area (Å²) in [5.41, 5.74) is 0.277. The highest BCUT2D eigenvalue weighted by atomic mass is 32.2. The zero-order valence-electron chi connectivity index (χ0n) is 12.7. The van der Waals surface area contributed by atoms with Crippen molar-refractivity contribution in [2.75, 3.05) is 31.2 Å². The van der Waals surface area contributed by atoms with E-state index in [0.717, 1.165) is 25.0 Å². The van der Waals surface area contributed by atoms with Crippen LogP contribution in [0.3, 0.4) is 0 Å². The number of hydrogen-bond acceptors (Lipinski definition) is 3. The van der Waals surface area contributed by atoms with E-state index in [1.165, 1.54) is 56.6 Å². The Balaban J connectivity index is 1.64. The molecule has 2 rings (SSSR count). The first-order valence-corrected chi connectivity index (χ1v) is 9.28. The fraction of sp³-hybridized carbons (Fsp3) is 1.00. The van der Waals surface area contributed by atoms with Crippen LogP contribution in [-0.4, -0.2) is 36.8 Å². The van der Waals surface area contributed by atoms with E-state index in [9.17, 15) is 0 Å². The summed E-state index contributed by atoms with van der Waals surface area (Å²) in [6.07, 6.45) is 7.93. The van der Waals surface area contributed by atoms with E-state index in [1.54, 1.807) is 0 Å². The highest BCUT2D eigenvalue weighted by Crippen LogP contribution is 2.40. The van der Waals surface area contributed by atoms with Crippen LogP contribution < -0.4 is 5.32 Å². The summed E-state index contributed by atoms with van der Waals surface area (Å²) in [6, 6.07) is 0. The lowest BCUT2D eigenvalue weighted by Gasteiger charge is -2.43. The van der Waals surface area contributed by atoms with Gasteiger partial charge in [0.25, 0.3) is 0 Å². The summed E-state index contributed by atoms with van der Waals surface area (Å²) in [5, 5.41) is 3.56. The van der Waals surface area contributed by atoms with E-state index in [-0.39, 0.29) is 5.60 Å². The predicted molar refractivity (Wildman–Crippen MR) is 84.9 cm³/mol. The van der Waals surface area contributed by atoms with Crippen LogP contribution in [0, 0.1) is 11.8 Å². The van der Waals surface area contributed by atoms with E-state index in [1.807, 2.05) is 0 Å². The van der Waals surface area contributed by atoms with Crippen molar-refractivity contribution in [1.29, 1.82) is 0 Å². The minimum Gasteiger partial charge on any atom is -0.375 e. The molecule has 1 N–H and O–H groups in total. The second-order valence-corrected chi connectivity index (χ2v) is 7.97. The van der Waals surface area contributed by atoms with Crippen LogP contribution in [0.5, 0.6) is 0 Å². The predicted octanol–water partition coefficient (Wildman–Crippen LogP) is 3.70. The lowest BCUT2D eigenvalue weighted by molar-refractivity contribution is -0.103. The molecule has 2 fully saturated rings. The van der Waals surface area contributed by atoms with Crippen molar-refractivity contribution < 1.29 is 4.74 Å². The van der Waals surface area contributed by atoms with Crippen molar-refractivity contribution >= 4 is 11.8 Å². The van der Waals surface area contributed by atoms with Crippen molar-refractivity contribution in [1.82, 2.24) is 5.32 Å². The van der Waals surface area contributed by atoms with E-state index in [0.29, 0.717) is 0 Å². The van der Waals surface area contributed by atoms with Gasteiger partial charge in [0.1, 0.15) is 0 Å². The van der Waals surface area contributed by atoms with Crippen LogP contribution in [-0.2, 0) is 4.74 Å². The molecule has 1 atom stereocenters. The molecule has 0 aromatic rings. The Morgan fingerprint density at radius 3 is 2.84 bits per heavy atom. The Hall–Kier alpha value is 0.270. The molecule has 1 unspecified atom stereocenters. The van der Waals surface area contributed by atoms with Crippen LogP contribution in [0.1, 0.15) is 52.4 Å². The number of thioether (sulfide) groups is 1. The number of rotatable bonds is 6. The van der Waals surface area contributed by atoms with Gasteiger partial charge in [-0.15, -0.1) is 0 Å². The van der Waals surface area contributed by atoms with Gasteiger partial charge < -0.3 is 10.1 Å². The average Bonchev–Trinajstić information content (AvgIpc) is 2.39. The summed E-state index contributed by atoms with van der Waals surface area (Å²) in [6.45, 7) is 7.91. The normalized spacial score (nSPS) is 27.0. The molecule has 0 aromatic heterocycles. The molecule has 1 spiro atoms. The summed E-state index contributed by atoms with van der Waals surface area (Å²) >= 11 is 2.10. The maximum atomic E-state index is 6.17. The maximum Gasteiger partial charge on any atom is 0.0700 e. The first-order valence-electron chi connectivity index (χ1n) is 8.13. The van der Waals surface area contributed by atoms with Crippen molar-refractivity contribution in [3.63, 3.8) is 0 Å². The standard InChI is InChI=1S/C16H31NOS/c1-14(2)13-17-8-3-4-15-5-9-18-16(12-15)6-10-19-11-7-16/h14-15,17H,3-13H2,1-2H3. The number of hydrogen-bond donors (Lipinski definition) is 1. The van der Waals surface area contributed by atoms with E-state index in [4.69, 9.17) is 4.74 Å². The molecule has 112 valence electrons. The molecule has 2 aliphatic heterocycles. The maximum absolute atomic E-state index is 6.17. The zero-order chi connectivity index (χ0) is 13.6. The molecule has 3 heteroatoms. The average molecular weight is 285 g/mol. The Morgan fingerprint density at radius 1 is 1.32 bits per heavy atom. The largest absolute Gasteiger partial charge is 0.375 e. The molecule has 0 saturated carbocycles. The van der Waals surface area contributed by atoms with Crippen molar-refractivity contribution in [3.05, 3.63) is 0 Å². The first kappa shape index (κ1) is 15.7. The topological polar surface area (TPSA) is 21.3 Å². The molecule has 2 nitrogen and oxygen atoms in total. The van der Waals surface area contributed by atoms with Gasteiger partial charge in [-0.3, -0.25) is 0 Å². The lowest BCUT2D eigenvalue weighted by atomic mass is 9.80. The van der Waals surface area contributed by atoms with E-state index >= 15 is 0 Å². The molecule has 19 heavy (non-hydrogen) atoms. The van der Waals surface area contributed by atoms with Gasteiger partial charge in [-0.1, -0.05) is 13.8 Å². The molecule has 0 amide bonds. The molecule has 0 bridgehead atoms. The number of ether oxygens (including phenoxy) is 1. The molecule has 2 aliphatic rings. The third-order valence-electron chi connectivity index (χ3n) is 4.52. The Morgan fingerprint density at radius 2 is 2.11 bits per heavy atom. The fourth-order valence-corrected chi connectivity index (χ4v) is 4.61. The second kappa shape index (κ2) is 7.90. The van der Waals surface area contributed by atoms with E-state index < -0.39 is 0 Å². The Bertz CT molecular complexity index is 246. The highest BCUT2D eigenvalue weighted by Gasteiger charge is 2.38. The van der Waals surface area contributed by atoms with Gasteiger partial charge in [0.15, 0.2) is 0 Å². The third kappa shape index (κ3) is 5.28. The summed E-state index contributed by atoms with van der Waals surface area (Å²) in [7, 11) is 0. The summed E-state index contributed by atoms with van der Waals surface area (Å²) in [5.74, 6) is 4.30.